The van der Waals surface area contributed by atoms with Crippen molar-refractivity contribution in [1.82, 2.24) is 15.0 Å². The van der Waals surface area contributed by atoms with Crippen LogP contribution in [0.2, 0.25) is 0 Å². The molecule has 4 rings (SSSR count). The number of nitrogens with two attached hydrogens (primary N) is 1. The fraction of sp³-hybridized carbons (Fsp3) is 0.179. The molecule has 7 nitrogen and oxygen atoms in total. The Morgan fingerprint density at radius 2 is 1.67 bits per heavy atom. The molecule has 0 aliphatic rings. The molecule has 0 atom stereocenters. The molecule has 0 radical (unpaired) electrons. The smallest absolute Gasteiger partial charge is 0.255 e. The summed E-state index contributed by atoms with van der Waals surface area (Å²) in [6.45, 7) is 4.78. The van der Waals surface area contributed by atoms with Gasteiger partial charge in [0.15, 0.2) is 6.29 Å². The summed E-state index contributed by atoms with van der Waals surface area (Å²) in [7, 11) is 1.50. The maximum absolute atomic E-state index is 14.3. The minimum atomic E-state index is -1.65. The van der Waals surface area contributed by atoms with Crippen LogP contribution in [0, 0.1) is 6.92 Å². The molecule has 0 saturated heterocycles. The number of benzene rings is 1. The zero-order valence-electron chi connectivity index (χ0n) is 20.6. The highest BCUT2D eigenvalue weighted by Crippen LogP contribution is 2.30. The number of amides is 1. The van der Waals surface area contributed by atoms with Gasteiger partial charge in [0.2, 0.25) is 0 Å². The molecule has 1 aromatic carbocycles. The summed E-state index contributed by atoms with van der Waals surface area (Å²) in [6, 6.07) is 14.1. The number of carbonyl (C=O) groups excluding carboxylic acids is 2. The number of halogens is 1. The number of pyridine rings is 3. The fourth-order valence-corrected chi connectivity index (χ4v) is 3.55. The molecule has 184 valence electrons. The van der Waals surface area contributed by atoms with Crippen molar-refractivity contribution in [2.75, 3.05) is 12.4 Å². The molecule has 8 heteroatoms. The van der Waals surface area contributed by atoms with Gasteiger partial charge in [-0.1, -0.05) is 6.07 Å². The summed E-state index contributed by atoms with van der Waals surface area (Å²) in [6.07, 6.45) is 7.19. The first-order valence-corrected chi connectivity index (χ1v) is 11.3. The molecule has 0 saturated carbocycles. The van der Waals surface area contributed by atoms with E-state index in [-0.39, 0.29) is 11.6 Å². The van der Waals surface area contributed by atoms with E-state index >= 15 is 0 Å². The van der Waals surface area contributed by atoms with Gasteiger partial charge in [-0.15, -0.1) is 0 Å². The summed E-state index contributed by atoms with van der Waals surface area (Å²) in [5.74, 6) is -0.354. The third-order valence-corrected chi connectivity index (χ3v) is 5.41. The fourth-order valence-electron chi connectivity index (χ4n) is 3.55. The van der Waals surface area contributed by atoms with Crippen molar-refractivity contribution in [3.05, 3.63) is 95.8 Å². The Kier molecular flexibility index (Phi) is 8.34. The first-order valence-electron chi connectivity index (χ1n) is 11.3. The zero-order valence-corrected chi connectivity index (χ0v) is 20.6. The van der Waals surface area contributed by atoms with Gasteiger partial charge in [0.25, 0.3) is 5.91 Å². The van der Waals surface area contributed by atoms with Crippen LogP contribution in [0.4, 0.5) is 10.1 Å². The zero-order chi connectivity index (χ0) is 26.3. The van der Waals surface area contributed by atoms with Crippen LogP contribution in [0.5, 0.6) is 0 Å². The summed E-state index contributed by atoms with van der Waals surface area (Å²) in [4.78, 5) is 36.3. The van der Waals surface area contributed by atoms with E-state index in [0.717, 1.165) is 27.8 Å². The molecule has 0 bridgehead atoms. The van der Waals surface area contributed by atoms with Gasteiger partial charge in [-0.25, -0.2) is 4.39 Å². The van der Waals surface area contributed by atoms with Crippen molar-refractivity contribution in [2.24, 2.45) is 5.73 Å². The quantitative estimate of drug-likeness (QED) is 0.356. The predicted molar refractivity (Wildman–Crippen MR) is 139 cm³/mol. The number of nitrogens with zero attached hydrogens (tertiary/aromatic N) is 3. The third-order valence-electron chi connectivity index (χ3n) is 5.41. The standard InChI is InChI=1S/C27H23FN4O2.CH5N/c1-17-4-5-22(32-26(34)19-7-9-31-25(12-19)27(2,3)28)13-24(17)21-10-20(14-29-15-21)18-6-8-30-23(11-18)16-33;1-2/h4-16H,1-3H3,(H,32,34);2H2,1H3. The molecular formula is C28H28FN5O2. The number of alkyl halides is 1. The molecule has 3 aromatic heterocycles. The second-order valence-corrected chi connectivity index (χ2v) is 8.44. The number of nitrogens with one attached hydrogen (secondary N) is 1. The highest BCUT2D eigenvalue weighted by atomic mass is 19.1. The van der Waals surface area contributed by atoms with E-state index in [9.17, 15) is 14.0 Å². The van der Waals surface area contributed by atoms with Crippen LogP contribution in [0.25, 0.3) is 22.3 Å². The van der Waals surface area contributed by atoms with E-state index in [0.29, 0.717) is 23.2 Å². The van der Waals surface area contributed by atoms with Crippen LogP contribution in [-0.2, 0) is 5.67 Å². The molecule has 0 fully saturated rings. The highest BCUT2D eigenvalue weighted by Gasteiger charge is 2.22. The van der Waals surface area contributed by atoms with Crippen molar-refractivity contribution in [3.8, 4) is 22.3 Å². The minimum absolute atomic E-state index is 0.196. The lowest BCUT2D eigenvalue weighted by Crippen LogP contribution is -2.16. The number of carbonyl (C=O) groups is 2. The van der Waals surface area contributed by atoms with Gasteiger partial charge < -0.3 is 11.1 Å². The Morgan fingerprint density at radius 3 is 2.39 bits per heavy atom. The SMILES string of the molecule is CN.Cc1ccc(NC(=O)c2ccnc(C(C)(C)F)c2)cc1-c1cncc(-c2ccnc(C=O)c2)c1. The van der Waals surface area contributed by atoms with Crippen molar-refractivity contribution < 1.29 is 14.0 Å². The monoisotopic (exact) mass is 485 g/mol. The average molecular weight is 486 g/mol. The Balaban J connectivity index is 0.00000176. The lowest BCUT2D eigenvalue weighted by molar-refractivity contribution is 0.102. The van der Waals surface area contributed by atoms with Crippen LogP contribution in [0.3, 0.4) is 0 Å². The highest BCUT2D eigenvalue weighted by molar-refractivity contribution is 6.04. The topological polar surface area (TPSA) is 111 Å². The first-order chi connectivity index (χ1) is 17.2. The lowest BCUT2D eigenvalue weighted by Gasteiger charge is -2.15. The van der Waals surface area contributed by atoms with Crippen LogP contribution < -0.4 is 11.1 Å². The van der Waals surface area contributed by atoms with Crippen molar-refractivity contribution in [2.45, 2.75) is 26.4 Å². The summed E-state index contributed by atoms with van der Waals surface area (Å²) < 4.78 is 14.3. The van der Waals surface area contributed by atoms with Crippen LogP contribution in [0.15, 0.2) is 73.3 Å². The van der Waals surface area contributed by atoms with Crippen molar-refractivity contribution in [3.63, 3.8) is 0 Å². The van der Waals surface area contributed by atoms with E-state index in [4.69, 9.17) is 0 Å². The number of anilines is 1. The minimum Gasteiger partial charge on any atom is -0.333 e. The van der Waals surface area contributed by atoms with E-state index in [2.05, 4.69) is 26.0 Å². The van der Waals surface area contributed by atoms with Gasteiger partial charge in [0.05, 0.1) is 5.69 Å². The maximum atomic E-state index is 14.3. The molecular weight excluding hydrogens is 457 g/mol. The van der Waals surface area contributed by atoms with Crippen molar-refractivity contribution >= 4 is 17.9 Å². The van der Waals surface area contributed by atoms with E-state index < -0.39 is 5.67 Å². The van der Waals surface area contributed by atoms with Gasteiger partial charge in [-0.2, -0.15) is 0 Å². The van der Waals surface area contributed by atoms with Gasteiger partial charge in [-0.3, -0.25) is 24.5 Å². The summed E-state index contributed by atoms with van der Waals surface area (Å²) in [5, 5.41) is 2.88. The molecule has 3 N–H and O–H groups in total. The number of aldehydes is 1. The number of hydrogen-bond acceptors (Lipinski definition) is 6. The first kappa shape index (κ1) is 26.3. The molecule has 3 heterocycles. The molecule has 1 amide bonds. The molecule has 0 spiro atoms. The summed E-state index contributed by atoms with van der Waals surface area (Å²) >= 11 is 0. The maximum Gasteiger partial charge on any atom is 0.255 e. The van der Waals surface area contributed by atoms with Crippen LogP contribution in [-0.4, -0.2) is 34.2 Å². The van der Waals surface area contributed by atoms with Gasteiger partial charge >= 0.3 is 0 Å². The lowest BCUT2D eigenvalue weighted by atomic mass is 9.98. The normalized spacial score (nSPS) is 10.7. The van der Waals surface area contributed by atoms with Crippen LogP contribution in [0.1, 0.15) is 46.0 Å². The second-order valence-electron chi connectivity index (χ2n) is 8.44. The second kappa shape index (κ2) is 11.4. The predicted octanol–water partition coefficient (Wildman–Crippen LogP) is 5.36. The Morgan fingerprint density at radius 1 is 0.944 bits per heavy atom. The summed E-state index contributed by atoms with van der Waals surface area (Å²) in [5.41, 5.74) is 8.76. The van der Waals surface area contributed by atoms with E-state index in [1.165, 1.54) is 33.2 Å². The molecule has 0 aliphatic heterocycles. The third kappa shape index (κ3) is 6.22. The van der Waals surface area contributed by atoms with Crippen LogP contribution >= 0.6 is 0 Å². The molecule has 0 unspecified atom stereocenters. The molecule has 4 aromatic rings. The Labute approximate surface area is 209 Å². The largest absolute Gasteiger partial charge is 0.333 e. The van der Waals surface area contributed by atoms with E-state index in [1.54, 1.807) is 30.7 Å². The van der Waals surface area contributed by atoms with E-state index in [1.807, 2.05) is 37.3 Å². The van der Waals surface area contributed by atoms with Gasteiger partial charge in [0, 0.05) is 47.2 Å². The Hall–Kier alpha value is -4.30. The molecule has 36 heavy (non-hydrogen) atoms. The molecule has 0 aliphatic carbocycles. The van der Waals surface area contributed by atoms with Gasteiger partial charge in [-0.05, 0) is 87.0 Å². The van der Waals surface area contributed by atoms with Gasteiger partial charge in [0.1, 0.15) is 11.4 Å². The van der Waals surface area contributed by atoms with Crippen molar-refractivity contribution in [1.29, 1.82) is 0 Å². The average Bonchev–Trinajstić information content (AvgIpc) is 2.90. The number of aromatic nitrogens is 3. The number of rotatable bonds is 6. The Bertz CT molecular complexity index is 1380. The number of aryl methyl sites for hydroxylation is 1. The number of hydrogen-bond donors (Lipinski definition) is 2.